The molecule has 2 heterocycles. The van der Waals surface area contributed by atoms with Gasteiger partial charge in [0.1, 0.15) is 5.75 Å². The van der Waals surface area contributed by atoms with Crippen molar-refractivity contribution in [3.63, 3.8) is 0 Å². The fourth-order valence-corrected chi connectivity index (χ4v) is 4.29. The number of methoxy groups -OCH3 is 4. The number of aromatic amines is 1. The summed E-state index contributed by atoms with van der Waals surface area (Å²) >= 11 is 0. The van der Waals surface area contributed by atoms with Crippen LogP contribution in [0.1, 0.15) is 28.0 Å². The summed E-state index contributed by atoms with van der Waals surface area (Å²) in [7, 11) is 6.13. The van der Waals surface area contributed by atoms with Crippen molar-refractivity contribution in [3.05, 3.63) is 47.2 Å². The minimum Gasteiger partial charge on any atom is -0.497 e. The summed E-state index contributed by atoms with van der Waals surface area (Å²) in [5.74, 6) is 1.65. The first kappa shape index (κ1) is 23.3. The van der Waals surface area contributed by atoms with E-state index in [1.54, 1.807) is 19.2 Å². The normalized spacial score (nSPS) is 12.8. The lowest BCUT2D eigenvalue weighted by Gasteiger charge is -2.27. The van der Waals surface area contributed by atoms with Crippen LogP contribution >= 0.6 is 0 Å². The molecule has 1 aliphatic rings. The van der Waals surface area contributed by atoms with E-state index in [0.717, 1.165) is 34.3 Å². The number of aromatic nitrogens is 1. The highest BCUT2D eigenvalue weighted by Crippen LogP contribution is 2.38. The van der Waals surface area contributed by atoms with Gasteiger partial charge in [0.2, 0.25) is 11.7 Å². The molecule has 180 valence electrons. The molecule has 0 fully saturated rings. The van der Waals surface area contributed by atoms with E-state index in [9.17, 15) is 9.59 Å². The van der Waals surface area contributed by atoms with Gasteiger partial charge in [0, 0.05) is 60.2 Å². The summed E-state index contributed by atoms with van der Waals surface area (Å²) in [5.41, 5.74) is 3.67. The molecule has 2 aromatic carbocycles. The molecule has 9 nitrogen and oxygen atoms in total. The van der Waals surface area contributed by atoms with Crippen LogP contribution in [-0.4, -0.2) is 63.2 Å². The average Bonchev–Trinajstić information content (AvgIpc) is 3.24. The van der Waals surface area contributed by atoms with Crippen LogP contribution in [0, 0.1) is 0 Å². The topological polar surface area (TPSA) is 102 Å². The summed E-state index contributed by atoms with van der Waals surface area (Å²) in [6.07, 6.45) is 0.965. The zero-order chi connectivity index (χ0) is 24.2. The molecular weight excluding hydrogens is 438 g/mol. The van der Waals surface area contributed by atoms with Crippen molar-refractivity contribution in [2.45, 2.75) is 19.4 Å². The predicted octanol–water partition coefficient (Wildman–Crippen LogP) is 2.91. The van der Waals surface area contributed by atoms with Gasteiger partial charge in [-0.15, -0.1) is 0 Å². The number of fused-ring (bicyclic) bond motifs is 3. The SMILES string of the molecule is COc1ccc2[nH]c3c(c2c1)CN(C(=O)CCNC(=O)c1cc(OC)c(OC)c(OC)c1)CC3. The maximum atomic E-state index is 12.9. The fraction of sp³-hybridized carbons (Fsp3) is 0.360. The van der Waals surface area contributed by atoms with E-state index >= 15 is 0 Å². The standard InChI is InChI=1S/C25H29N3O6/c1-31-16-5-6-19-17(13-16)18-14-28(10-8-20(18)27-19)23(29)7-9-26-25(30)15-11-21(32-2)24(34-4)22(12-15)33-3/h5-6,11-13,27H,7-10,14H2,1-4H3,(H,26,30). The van der Waals surface area contributed by atoms with Gasteiger partial charge in [0.25, 0.3) is 5.91 Å². The van der Waals surface area contributed by atoms with Crippen LogP contribution in [0.25, 0.3) is 10.9 Å². The Morgan fingerprint density at radius 3 is 2.38 bits per heavy atom. The van der Waals surface area contributed by atoms with E-state index in [0.29, 0.717) is 35.9 Å². The molecule has 4 rings (SSSR count). The van der Waals surface area contributed by atoms with Crippen LogP contribution in [0.4, 0.5) is 0 Å². The zero-order valence-corrected chi connectivity index (χ0v) is 19.8. The first-order valence-electron chi connectivity index (χ1n) is 11.0. The van der Waals surface area contributed by atoms with E-state index in [4.69, 9.17) is 18.9 Å². The monoisotopic (exact) mass is 467 g/mol. The summed E-state index contributed by atoms with van der Waals surface area (Å²) in [4.78, 5) is 30.8. The molecule has 0 bridgehead atoms. The van der Waals surface area contributed by atoms with Crippen molar-refractivity contribution in [3.8, 4) is 23.0 Å². The number of nitrogens with one attached hydrogen (secondary N) is 2. The molecule has 0 aliphatic carbocycles. The van der Waals surface area contributed by atoms with Crippen molar-refractivity contribution in [1.82, 2.24) is 15.2 Å². The molecule has 3 aromatic rings. The quantitative estimate of drug-likeness (QED) is 0.528. The first-order valence-corrected chi connectivity index (χ1v) is 11.0. The lowest BCUT2D eigenvalue weighted by molar-refractivity contribution is -0.131. The van der Waals surface area contributed by atoms with Gasteiger partial charge in [-0.05, 0) is 30.3 Å². The lowest BCUT2D eigenvalue weighted by atomic mass is 10.0. The van der Waals surface area contributed by atoms with Crippen LogP contribution in [0.3, 0.4) is 0 Å². The maximum absolute atomic E-state index is 12.9. The molecule has 2 amide bonds. The Hall–Kier alpha value is -3.88. The Kier molecular flexibility index (Phi) is 6.81. The molecule has 1 aromatic heterocycles. The van der Waals surface area contributed by atoms with E-state index in [-0.39, 0.29) is 24.8 Å². The fourth-order valence-electron chi connectivity index (χ4n) is 4.29. The Bertz CT molecular complexity index is 1190. The van der Waals surface area contributed by atoms with E-state index in [1.165, 1.54) is 21.3 Å². The summed E-state index contributed by atoms with van der Waals surface area (Å²) < 4.78 is 21.2. The lowest BCUT2D eigenvalue weighted by Crippen LogP contribution is -2.37. The molecule has 0 unspecified atom stereocenters. The number of nitrogens with zero attached hydrogens (tertiary/aromatic N) is 1. The second-order valence-corrected chi connectivity index (χ2v) is 7.98. The zero-order valence-electron chi connectivity index (χ0n) is 19.8. The third-order valence-electron chi connectivity index (χ3n) is 6.09. The molecule has 0 saturated carbocycles. The summed E-state index contributed by atoms with van der Waals surface area (Å²) in [5, 5.41) is 3.88. The largest absolute Gasteiger partial charge is 0.497 e. The number of benzene rings is 2. The second-order valence-electron chi connectivity index (χ2n) is 7.98. The molecule has 0 atom stereocenters. The average molecular weight is 468 g/mol. The Morgan fingerprint density at radius 2 is 1.74 bits per heavy atom. The number of carbonyl (C=O) groups excluding carboxylic acids is 2. The second kappa shape index (κ2) is 9.94. The van der Waals surface area contributed by atoms with E-state index < -0.39 is 0 Å². The van der Waals surface area contributed by atoms with Gasteiger partial charge >= 0.3 is 0 Å². The molecule has 0 radical (unpaired) electrons. The maximum Gasteiger partial charge on any atom is 0.251 e. The smallest absolute Gasteiger partial charge is 0.251 e. The molecule has 2 N–H and O–H groups in total. The molecule has 0 spiro atoms. The van der Waals surface area contributed by atoms with Crippen molar-refractivity contribution < 1.29 is 28.5 Å². The number of amides is 2. The molecular formula is C25H29N3O6. The number of H-pyrrole nitrogens is 1. The Balaban J connectivity index is 1.38. The van der Waals surface area contributed by atoms with E-state index in [1.807, 2.05) is 23.1 Å². The third-order valence-corrected chi connectivity index (χ3v) is 6.09. The van der Waals surface area contributed by atoms with Gasteiger partial charge in [-0.2, -0.15) is 0 Å². The van der Waals surface area contributed by atoms with Gasteiger partial charge in [0.05, 0.1) is 28.4 Å². The molecule has 9 heteroatoms. The minimum atomic E-state index is -0.322. The molecule has 1 aliphatic heterocycles. The van der Waals surface area contributed by atoms with Crippen LogP contribution in [0.2, 0.25) is 0 Å². The summed E-state index contributed by atoms with van der Waals surface area (Å²) in [6.45, 7) is 1.39. The highest BCUT2D eigenvalue weighted by molar-refractivity contribution is 5.96. The number of hydrogen-bond acceptors (Lipinski definition) is 6. The third kappa shape index (κ3) is 4.46. The van der Waals surface area contributed by atoms with Crippen molar-refractivity contribution in [2.75, 3.05) is 41.5 Å². The van der Waals surface area contributed by atoms with Crippen molar-refractivity contribution in [2.24, 2.45) is 0 Å². The first-order chi connectivity index (χ1) is 16.5. The number of rotatable bonds is 8. The van der Waals surface area contributed by atoms with Crippen LogP contribution in [0.5, 0.6) is 23.0 Å². The van der Waals surface area contributed by atoms with Crippen molar-refractivity contribution in [1.29, 1.82) is 0 Å². The highest BCUT2D eigenvalue weighted by Gasteiger charge is 2.24. The van der Waals surface area contributed by atoms with Crippen LogP contribution < -0.4 is 24.3 Å². The van der Waals surface area contributed by atoms with Crippen LogP contribution in [0.15, 0.2) is 30.3 Å². The number of ether oxygens (including phenoxy) is 4. The molecule has 34 heavy (non-hydrogen) atoms. The Labute approximate surface area is 197 Å². The summed E-state index contributed by atoms with van der Waals surface area (Å²) in [6, 6.07) is 9.07. The van der Waals surface area contributed by atoms with Gasteiger partial charge in [-0.3, -0.25) is 9.59 Å². The predicted molar refractivity (Wildman–Crippen MR) is 127 cm³/mol. The van der Waals surface area contributed by atoms with Gasteiger partial charge in [-0.25, -0.2) is 0 Å². The minimum absolute atomic E-state index is 0.00640. The number of carbonyl (C=O) groups is 2. The number of hydrogen-bond donors (Lipinski definition) is 2. The van der Waals surface area contributed by atoms with Crippen molar-refractivity contribution >= 4 is 22.7 Å². The Morgan fingerprint density at radius 1 is 1.00 bits per heavy atom. The highest BCUT2D eigenvalue weighted by atomic mass is 16.5. The van der Waals surface area contributed by atoms with Gasteiger partial charge in [0.15, 0.2) is 11.5 Å². The van der Waals surface area contributed by atoms with E-state index in [2.05, 4.69) is 10.3 Å². The van der Waals surface area contributed by atoms with Gasteiger partial charge in [-0.1, -0.05) is 0 Å². The van der Waals surface area contributed by atoms with Gasteiger partial charge < -0.3 is 34.1 Å². The molecule has 0 saturated heterocycles. The van der Waals surface area contributed by atoms with Crippen LogP contribution in [-0.2, 0) is 17.8 Å².